The SMILES string of the molecule is COC(=O)CNC(=O)N1CCCC1c1cc(C)on1. The molecule has 2 rings (SSSR count). The number of carbonyl (C=O) groups excluding carboxylic acids is 2. The Morgan fingerprint density at radius 1 is 1.63 bits per heavy atom. The van der Waals surface area contributed by atoms with Gasteiger partial charge in [-0.3, -0.25) is 4.79 Å². The molecule has 1 aromatic heterocycles. The molecule has 2 amide bonds. The molecule has 7 heteroatoms. The van der Waals surface area contributed by atoms with E-state index >= 15 is 0 Å². The predicted octanol–water partition coefficient (Wildman–Crippen LogP) is 1.00. The van der Waals surface area contributed by atoms with Gasteiger partial charge in [-0.1, -0.05) is 5.16 Å². The van der Waals surface area contributed by atoms with Crippen molar-refractivity contribution < 1.29 is 18.8 Å². The number of hydrogen-bond donors (Lipinski definition) is 1. The zero-order chi connectivity index (χ0) is 13.8. The summed E-state index contributed by atoms with van der Waals surface area (Å²) < 4.78 is 9.52. The number of esters is 1. The zero-order valence-corrected chi connectivity index (χ0v) is 11.0. The largest absolute Gasteiger partial charge is 0.468 e. The predicted molar refractivity (Wildman–Crippen MR) is 65.3 cm³/mol. The van der Waals surface area contributed by atoms with Gasteiger partial charge in [0.05, 0.1) is 13.2 Å². The quantitative estimate of drug-likeness (QED) is 0.826. The maximum absolute atomic E-state index is 12.0. The number of hydrogen-bond acceptors (Lipinski definition) is 5. The second-order valence-corrected chi connectivity index (χ2v) is 4.45. The third-order valence-electron chi connectivity index (χ3n) is 3.11. The van der Waals surface area contributed by atoms with Crippen LogP contribution in [0.1, 0.15) is 30.3 Å². The smallest absolute Gasteiger partial charge is 0.325 e. The number of urea groups is 1. The molecule has 1 aliphatic rings. The monoisotopic (exact) mass is 267 g/mol. The molecule has 1 saturated heterocycles. The van der Waals surface area contributed by atoms with Crippen LogP contribution >= 0.6 is 0 Å². The maximum atomic E-state index is 12.0. The van der Waals surface area contributed by atoms with Crippen molar-refractivity contribution in [2.45, 2.75) is 25.8 Å². The lowest BCUT2D eigenvalue weighted by Gasteiger charge is -2.22. The van der Waals surface area contributed by atoms with Gasteiger partial charge in [0.1, 0.15) is 18.0 Å². The van der Waals surface area contributed by atoms with Crippen LogP contribution in [0.3, 0.4) is 0 Å². The number of aryl methyl sites for hydroxylation is 1. The Morgan fingerprint density at radius 2 is 2.42 bits per heavy atom. The Balaban J connectivity index is 1.98. The first-order chi connectivity index (χ1) is 9.11. The lowest BCUT2D eigenvalue weighted by Crippen LogP contribution is -2.41. The summed E-state index contributed by atoms with van der Waals surface area (Å²) in [6.07, 6.45) is 1.75. The summed E-state index contributed by atoms with van der Waals surface area (Å²) in [4.78, 5) is 24.7. The van der Waals surface area contributed by atoms with Crippen molar-refractivity contribution in [3.8, 4) is 0 Å². The lowest BCUT2D eigenvalue weighted by atomic mass is 10.1. The van der Waals surface area contributed by atoms with Crippen LogP contribution in [0.4, 0.5) is 4.79 Å². The molecule has 1 atom stereocenters. The molecule has 1 N–H and O–H groups in total. The van der Waals surface area contributed by atoms with Crippen LogP contribution in [0.5, 0.6) is 0 Å². The van der Waals surface area contributed by atoms with Gasteiger partial charge in [0.15, 0.2) is 0 Å². The minimum absolute atomic E-state index is 0.0879. The molecule has 1 fully saturated rings. The molecule has 0 bridgehead atoms. The molecule has 0 saturated carbocycles. The van der Waals surface area contributed by atoms with E-state index in [-0.39, 0.29) is 18.6 Å². The summed E-state index contributed by atoms with van der Waals surface area (Å²) in [5.41, 5.74) is 0.753. The summed E-state index contributed by atoms with van der Waals surface area (Å²) in [6.45, 7) is 2.33. The molecule has 1 aromatic rings. The van der Waals surface area contributed by atoms with E-state index in [1.165, 1.54) is 7.11 Å². The average molecular weight is 267 g/mol. The van der Waals surface area contributed by atoms with Gasteiger partial charge in [0.2, 0.25) is 0 Å². The highest BCUT2D eigenvalue weighted by atomic mass is 16.5. The van der Waals surface area contributed by atoms with Gasteiger partial charge in [-0.15, -0.1) is 0 Å². The first-order valence-corrected chi connectivity index (χ1v) is 6.16. The van der Waals surface area contributed by atoms with Crippen LogP contribution in [-0.2, 0) is 9.53 Å². The molecule has 19 heavy (non-hydrogen) atoms. The minimum Gasteiger partial charge on any atom is -0.468 e. The van der Waals surface area contributed by atoms with Crippen LogP contribution < -0.4 is 5.32 Å². The van der Waals surface area contributed by atoms with Crippen molar-refractivity contribution in [1.29, 1.82) is 0 Å². The van der Waals surface area contributed by atoms with Crippen LogP contribution in [0.2, 0.25) is 0 Å². The summed E-state index contributed by atoms with van der Waals surface area (Å²) in [7, 11) is 1.28. The van der Waals surface area contributed by atoms with Gasteiger partial charge >= 0.3 is 12.0 Å². The van der Waals surface area contributed by atoms with Crippen molar-refractivity contribution >= 4 is 12.0 Å². The number of likely N-dealkylation sites (tertiary alicyclic amines) is 1. The van der Waals surface area contributed by atoms with Crippen LogP contribution in [0, 0.1) is 6.92 Å². The highest BCUT2D eigenvalue weighted by Gasteiger charge is 2.32. The number of aromatic nitrogens is 1. The molecular weight excluding hydrogens is 250 g/mol. The van der Waals surface area contributed by atoms with E-state index in [9.17, 15) is 9.59 Å². The van der Waals surface area contributed by atoms with Gasteiger partial charge in [0, 0.05) is 12.6 Å². The molecule has 1 aliphatic heterocycles. The number of rotatable bonds is 3. The molecule has 1 unspecified atom stereocenters. The Morgan fingerprint density at radius 3 is 3.05 bits per heavy atom. The maximum Gasteiger partial charge on any atom is 0.325 e. The van der Waals surface area contributed by atoms with E-state index in [2.05, 4.69) is 15.2 Å². The van der Waals surface area contributed by atoms with E-state index in [0.717, 1.165) is 24.3 Å². The number of nitrogens with zero attached hydrogens (tertiary/aromatic N) is 2. The van der Waals surface area contributed by atoms with E-state index in [1.807, 2.05) is 13.0 Å². The average Bonchev–Trinajstić information content (AvgIpc) is 3.03. The fraction of sp³-hybridized carbons (Fsp3) is 0.583. The van der Waals surface area contributed by atoms with Crippen LogP contribution in [0.15, 0.2) is 10.6 Å². The third kappa shape index (κ3) is 3.04. The second kappa shape index (κ2) is 5.73. The van der Waals surface area contributed by atoms with Gasteiger partial charge in [-0.25, -0.2) is 4.79 Å². The fourth-order valence-corrected chi connectivity index (χ4v) is 2.18. The number of nitrogens with one attached hydrogen (secondary N) is 1. The van der Waals surface area contributed by atoms with Gasteiger partial charge in [-0.05, 0) is 19.8 Å². The molecule has 104 valence electrons. The summed E-state index contributed by atoms with van der Waals surface area (Å²) in [5.74, 6) is 0.248. The first-order valence-electron chi connectivity index (χ1n) is 6.16. The van der Waals surface area contributed by atoms with E-state index < -0.39 is 5.97 Å². The number of amides is 2. The first kappa shape index (κ1) is 13.4. The van der Waals surface area contributed by atoms with Crippen LogP contribution in [0.25, 0.3) is 0 Å². The van der Waals surface area contributed by atoms with Crippen molar-refractivity contribution in [1.82, 2.24) is 15.4 Å². The van der Waals surface area contributed by atoms with Gasteiger partial charge in [0.25, 0.3) is 0 Å². The van der Waals surface area contributed by atoms with Crippen molar-refractivity contribution in [2.75, 3.05) is 20.2 Å². The van der Waals surface area contributed by atoms with Gasteiger partial charge < -0.3 is 19.5 Å². The zero-order valence-electron chi connectivity index (χ0n) is 11.0. The number of carbonyl (C=O) groups is 2. The third-order valence-corrected chi connectivity index (χ3v) is 3.11. The summed E-state index contributed by atoms with van der Waals surface area (Å²) >= 11 is 0. The minimum atomic E-state index is -0.471. The molecule has 0 aromatic carbocycles. The molecule has 0 spiro atoms. The number of methoxy groups -OCH3 is 1. The standard InChI is InChI=1S/C12H17N3O4/c1-8-6-9(14-19-8)10-4-3-5-15(10)12(17)13-7-11(16)18-2/h6,10H,3-5,7H2,1-2H3,(H,13,17). The molecule has 0 aliphatic carbocycles. The van der Waals surface area contributed by atoms with E-state index in [0.29, 0.717) is 6.54 Å². The molecule has 2 heterocycles. The van der Waals surface area contributed by atoms with E-state index in [1.54, 1.807) is 4.90 Å². The normalized spacial score (nSPS) is 18.4. The Labute approximate surface area is 110 Å². The Bertz CT molecular complexity index is 471. The lowest BCUT2D eigenvalue weighted by molar-refractivity contribution is -0.139. The van der Waals surface area contributed by atoms with Crippen LogP contribution in [-0.4, -0.2) is 42.3 Å². The number of ether oxygens (including phenoxy) is 1. The fourth-order valence-electron chi connectivity index (χ4n) is 2.18. The van der Waals surface area contributed by atoms with Gasteiger partial charge in [-0.2, -0.15) is 0 Å². The Kier molecular flexibility index (Phi) is 4.03. The van der Waals surface area contributed by atoms with Crippen molar-refractivity contribution in [2.24, 2.45) is 0 Å². The molecule has 7 nitrogen and oxygen atoms in total. The summed E-state index contributed by atoms with van der Waals surface area (Å²) in [6, 6.07) is 1.46. The van der Waals surface area contributed by atoms with E-state index in [4.69, 9.17) is 4.52 Å². The topological polar surface area (TPSA) is 84.7 Å². The highest BCUT2D eigenvalue weighted by molar-refractivity contribution is 5.81. The highest BCUT2D eigenvalue weighted by Crippen LogP contribution is 2.31. The molecular formula is C12H17N3O4. The second-order valence-electron chi connectivity index (χ2n) is 4.45. The van der Waals surface area contributed by atoms with Crippen molar-refractivity contribution in [3.05, 3.63) is 17.5 Å². The summed E-state index contributed by atoms with van der Waals surface area (Å²) in [5, 5.41) is 6.49. The Hall–Kier alpha value is -2.05. The molecule has 0 radical (unpaired) electrons. The van der Waals surface area contributed by atoms with Crippen molar-refractivity contribution in [3.63, 3.8) is 0 Å².